The molecular weight excluding hydrogens is 218 g/mol. The van der Waals surface area contributed by atoms with Gasteiger partial charge in [-0.1, -0.05) is 18.2 Å². The van der Waals surface area contributed by atoms with Gasteiger partial charge in [-0.2, -0.15) is 0 Å². The second kappa shape index (κ2) is 5.01. The number of benzene rings is 1. The van der Waals surface area contributed by atoms with Crippen LogP contribution in [0.2, 0.25) is 0 Å². The maximum atomic E-state index is 11.7. The molecule has 0 unspecified atom stereocenters. The SMILES string of the molecule is COCCn1c(C(=O)OC)cc2ccccc21. The predicted octanol–water partition coefficient (Wildman–Crippen LogP) is 2.07. The number of fused-ring (bicyclic) bond motifs is 1. The number of nitrogens with zero attached hydrogens (tertiary/aromatic N) is 1. The molecule has 2 aromatic rings. The van der Waals surface area contributed by atoms with Crippen LogP contribution in [0, 0.1) is 0 Å². The molecule has 0 N–H and O–H groups in total. The molecule has 0 saturated heterocycles. The number of esters is 1. The van der Waals surface area contributed by atoms with E-state index in [1.807, 2.05) is 34.9 Å². The summed E-state index contributed by atoms with van der Waals surface area (Å²) in [4.78, 5) is 11.7. The molecule has 1 aromatic heterocycles. The Hall–Kier alpha value is -1.81. The van der Waals surface area contributed by atoms with Gasteiger partial charge in [-0.15, -0.1) is 0 Å². The van der Waals surface area contributed by atoms with Gasteiger partial charge in [0.05, 0.1) is 13.7 Å². The first-order valence-corrected chi connectivity index (χ1v) is 5.43. The molecule has 2 rings (SSSR count). The van der Waals surface area contributed by atoms with Crippen LogP contribution in [-0.2, 0) is 16.0 Å². The van der Waals surface area contributed by atoms with Crippen LogP contribution in [0.1, 0.15) is 10.5 Å². The fourth-order valence-electron chi connectivity index (χ4n) is 1.91. The van der Waals surface area contributed by atoms with Crippen molar-refractivity contribution in [2.24, 2.45) is 0 Å². The van der Waals surface area contributed by atoms with Gasteiger partial charge in [-0.05, 0) is 12.1 Å². The van der Waals surface area contributed by atoms with Gasteiger partial charge in [0.25, 0.3) is 0 Å². The molecule has 90 valence electrons. The third-order valence-corrected chi connectivity index (χ3v) is 2.72. The summed E-state index contributed by atoms with van der Waals surface area (Å²) in [5, 5.41) is 1.03. The number of para-hydroxylation sites is 1. The van der Waals surface area contributed by atoms with E-state index in [2.05, 4.69) is 0 Å². The second-order valence-corrected chi connectivity index (χ2v) is 3.72. The molecule has 0 aliphatic heterocycles. The quantitative estimate of drug-likeness (QED) is 0.759. The van der Waals surface area contributed by atoms with Gasteiger partial charge >= 0.3 is 5.97 Å². The average Bonchev–Trinajstić information content (AvgIpc) is 2.74. The summed E-state index contributed by atoms with van der Waals surface area (Å²) < 4.78 is 11.8. The average molecular weight is 233 g/mol. The van der Waals surface area contributed by atoms with Crippen LogP contribution in [0.5, 0.6) is 0 Å². The van der Waals surface area contributed by atoms with Crippen LogP contribution >= 0.6 is 0 Å². The lowest BCUT2D eigenvalue weighted by atomic mass is 10.2. The number of carbonyl (C=O) groups is 1. The standard InChI is InChI=1S/C13H15NO3/c1-16-8-7-14-11-6-4-3-5-10(11)9-12(14)13(15)17-2/h3-6,9H,7-8H2,1-2H3. The predicted molar refractivity (Wildman–Crippen MR) is 65.2 cm³/mol. The number of hydrogen-bond acceptors (Lipinski definition) is 3. The maximum absolute atomic E-state index is 11.7. The Bertz CT molecular complexity index is 530. The highest BCUT2D eigenvalue weighted by Gasteiger charge is 2.15. The van der Waals surface area contributed by atoms with Crippen molar-refractivity contribution >= 4 is 16.9 Å². The lowest BCUT2D eigenvalue weighted by Gasteiger charge is -2.08. The molecule has 0 amide bonds. The highest BCUT2D eigenvalue weighted by atomic mass is 16.5. The minimum atomic E-state index is -0.322. The van der Waals surface area contributed by atoms with Crippen molar-refractivity contribution in [2.75, 3.05) is 20.8 Å². The van der Waals surface area contributed by atoms with Crippen molar-refractivity contribution in [2.45, 2.75) is 6.54 Å². The summed E-state index contributed by atoms with van der Waals surface area (Å²) >= 11 is 0. The molecule has 0 atom stereocenters. The Morgan fingerprint density at radius 1 is 1.29 bits per heavy atom. The first-order valence-electron chi connectivity index (χ1n) is 5.43. The van der Waals surface area contributed by atoms with Crippen LogP contribution < -0.4 is 0 Å². The Kier molecular flexibility index (Phi) is 3.44. The van der Waals surface area contributed by atoms with Crippen molar-refractivity contribution in [3.8, 4) is 0 Å². The van der Waals surface area contributed by atoms with E-state index in [-0.39, 0.29) is 5.97 Å². The van der Waals surface area contributed by atoms with Crippen LogP contribution in [0.15, 0.2) is 30.3 Å². The zero-order valence-electron chi connectivity index (χ0n) is 9.97. The minimum absolute atomic E-state index is 0.322. The number of aromatic nitrogens is 1. The summed E-state index contributed by atoms with van der Waals surface area (Å²) in [7, 11) is 3.03. The van der Waals surface area contributed by atoms with Gasteiger partial charge in [-0.25, -0.2) is 4.79 Å². The topological polar surface area (TPSA) is 40.5 Å². The van der Waals surface area contributed by atoms with Crippen molar-refractivity contribution in [3.05, 3.63) is 36.0 Å². The number of rotatable bonds is 4. The van der Waals surface area contributed by atoms with Gasteiger partial charge in [0.2, 0.25) is 0 Å². The molecule has 0 spiro atoms. The van der Waals surface area contributed by atoms with E-state index in [1.165, 1.54) is 7.11 Å². The molecule has 0 saturated carbocycles. The molecular formula is C13H15NO3. The summed E-state index contributed by atoms with van der Waals surface area (Å²) in [6.45, 7) is 1.19. The summed E-state index contributed by atoms with van der Waals surface area (Å²) in [5.41, 5.74) is 1.58. The smallest absolute Gasteiger partial charge is 0.354 e. The highest BCUT2D eigenvalue weighted by Crippen LogP contribution is 2.20. The number of hydrogen-bond donors (Lipinski definition) is 0. The van der Waals surface area contributed by atoms with Crippen LogP contribution in [0.4, 0.5) is 0 Å². The summed E-state index contributed by atoms with van der Waals surface area (Å²) in [6, 6.07) is 9.70. The second-order valence-electron chi connectivity index (χ2n) is 3.72. The molecule has 0 aliphatic carbocycles. The lowest BCUT2D eigenvalue weighted by Crippen LogP contribution is -2.13. The Morgan fingerprint density at radius 3 is 2.76 bits per heavy atom. The molecule has 4 nitrogen and oxygen atoms in total. The fraction of sp³-hybridized carbons (Fsp3) is 0.308. The monoisotopic (exact) mass is 233 g/mol. The zero-order chi connectivity index (χ0) is 12.3. The van der Waals surface area contributed by atoms with E-state index in [4.69, 9.17) is 9.47 Å². The zero-order valence-corrected chi connectivity index (χ0v) is 9.97. The van der Waals surface area contributed by atoms with Gasteiger partial charge in [0, 0.05) is 24.6 Å². The normalized spacial score (nSPS) is 10.7. The minimum Gasteiger partial charge on any atom is -0.464 e. The molecule has 1 aromatic carbocycles. The number of methoxy groups -OCH3 is 2. The van der Waals surface area contributed by atoms with Gasteiger partial charge in [0.1, 0.15) is 5.69 Å². The molecule has 0 aliphatic rings. The summed E-state index contributed by atoms with van der Waals surface area (Å²) in [5.74, 6) is -0.322. The van der Waals surface area contributed by atoms with Crippen molar-refractivity contribution < 1.29 is 14.3 Å². The van der Waals surface area contributed by atoms with Crippen LogP contribution in [0.25, 0.3) is 10.9 Å². The van der Waals surface area contributed by atoms with Crippen molar-refractivity contribution in [1.82, 2.24) is 4.57 Å². The van der Waals surface area contributed by atoms with Gasteiger partial charge in [-0.3, -0.25) is 0 Å². The van der Waals surface area contributed by atoms with E-state index < -0.39 is 0 Å². The largest absolute Gasteiger partial charge is 0.464 e. The Morgan fingerprint density at radius 2 is 2.06 bits per heavy atom. The Balaban J connectivity index is 2.52. The van der Waals surface area contributed by atoms with Crippen molar-refractivity contribution in [3.63, 3.8) is 0 Å². The molecule has 1 heterocycles. The van der Waals surface area contributed by atoms with Crippen molar-refractivity contribution in [1.29, 1.82) is 0 Å². The third-order valence-electron chi connectivity index (χ3n) is 2.72. The highest BCUT2D eigenvalue weighted by molar-refractivity contribution is 5.95. The van der Waals surface area contributed by atoms with E-state index in [0.29, 0.717) is 18.8 Å². The molecule has 4 heteroatoms. The van der Waals surface area contributed by atoms with Gasteiger partial charge in [0.15, 0.2) is 0 Å². The maximum Gasteiger partial charge on any atom is 0.354 e. The van der Waals surface area contributed by atoms with Gasteiger partial charge < -0.3 is 14.0 Å². The summed E-state index contributed by atoms with van der Waals surface area (Å²) in [6.07, 6.45) is 0. The first-order chi connectivity index (χ1) is 8.27. The van der Waals surface area contributed by atoms with Crippen LogP contribution in [0.3, 0.4) is 0 Å². The number of ether oxygens (including phenoxy) is 2. The molecule has 17 heavy (non-hydrogen) atoms. The fourth-order valence-corrected chi connectivity index (χ4v) is 1.91. The number of carbonyl (C=O) groups excluding carboxylic acids is 1. The molecule has 0 bridgehead atoms. The van der Waals surface area contributed by atoms with E-state index in [1.54, 1.807) is 7.11 Å². The van der Waals surface area contributed by atoms with E-state index >= 15 is 0 Å². The third kappa shape index (κ3) is 2.17. The van der Waals surface area contributed by atoms with E-state index in [0.717, 1.165) is 10.9 Å². The molecule has 0 radical (unpaired) electrons. The lowest BCUT2D eigenvalue weighted by molar-refractivity contribution is 0.0587. The van der Waals surface area contributed by atoms with Crippen LogP contribution in [-0.4, -0.2) is 31.4 Å². The van der Waals surface area contributed by atoms with E-state index in [9.17, 15) is 4.79 Å². The molecule has 0 fully saturated rings. The first kappa shape index (κ1) is 11.7. The Labute approximate surface area is 99.7 Å².